The van der Waals surface area contributed by atoms with Crippen LogP contribution in [0.1, 0.15) is 32.3 Å². The molecule has 0 saturated carbocycles. The maximum absolute atomic E-state index is 12.0. The standard InChI is InChI=1S/C17H27NO2/c1-4-20-13-12-18(3)17(19)14-15(2)10-11-16-8-6-5-7-9-16/h5-9,15H,4,10-14H2,1-3H3/t15-/m0/s1. The Morgan fingerprint density at radius 2 is 2.00 bits per heavy atom. The summed E-state index contributed by atoms with van der Waals surface area (Å²) >= 11 is 0. The Morgan fingerprint density at radius 1 is 1.30 bits per heavy atom. The predicted molar refractivity (Wildman–Crippen MR) is 82.7 cm³/mol. The van der Waals surface area contributed by atoms with E-state index in [1.807, 2.05) is 20.0 Å². The van der Waals surface area contributed by atoms with Crippen molar-refractivity contribution in [2.75, 3.05) is 26.8 Å². The van der Waals surface area contributed by atoms with Crippen LogP contribution >= 0.6 is 0 Å². The van der Waals surface area contributed by atoms with E-state index in [0.717, 1.165) is 12.8 Å². The van der Waals surface area contributed by atoms with Crippen molar-refractivity contribution in [3.63, 3.8) is 0 Å². The van der Waals surface area contributed by atoms with Gasteiger partial charge in [0.25, 0.3) is 0 Å². The number of hydrogen-bond donors (Lipinski definition) is 0. The highest BCUT2D eigenvalue weighted by molar-refractivity contribution is 5.76. The molecule has 0 heterocycles. The van der Waals surface area contributed by atoms with Crippen LogP contribution in [0.4, 0.5) is 0 Å². The van der Waals surface area contributed by atoms with Gasteiger partial charge in [-0.05, 0) is 31.2 Å². The fraction of sp³-hybridized carbons (Fsp3) is 0.588. The summed E-state index contributed by atoms with van der Waals surface area (Å²) in [5.74, 6) is 0.627. The van der Waals surface area contributed by atoms with E-state index in [2.05, 4.69) is 31.2 Å². The maximum Gasteiger partial charge on any atom is 0.222 e. The van der Waals surface area contributed by atoms with Gasteiger partial charge in [-0.25, -0.2) is 0 Å². The molecule has 0 spiro atoms. The molecule has 0 saturated heterocycles. The third-order valence-corrected chi connectivity index (χ3v) is 3.49. The molecule has 0 aliphatic carbocycles. The Balaban J connectivity index is 2.23. The van der Waals surface area contributed by atoms with Crippen LogP contribution in [0.2, 0.25) is 0 Å². The first-order chi connectivity index (χ1) is 9.63. The number of carbonyl (C=O) groups is 1. The molecule has 0 aliphatic rings. The van der Waals surface area contributed by atoms with Crippen LogP contribution in [-0.4, -0.2) is 37.6 Å². The second kappa shape index (κ2) is 9.54. The summed E-state index contributed by atoms with van der Waals surface area (Å²) in [6, 6.07) is 10.4. The van der Waals surface area contributed by atoms with Gasteiger partial charge in [0.15, 0.2) is 0 Å². The Labute approximate surface area is 122 Å². The number of nitrogens with zero attached hydrogens (tertiary/aromatic N) is 1. The van der Waals surface area contributed by atoms with Gasteiger partial charge in [-0.1, -0.05) is 37.3 Å². The van der Waals surface area contributed by atoms with E-state index in [4.69, 9.17) is 4.74 Å². The molecule has 0 N–H and O–H groups in total. The molecule has 0 fully saturated rings. The van der Waals surface area contributed by atoms with Crippen molar-refractivity contribution in [1.82, 2.24) is 4.90 Å². The van der Waals surface area contributed by atoms with E-state index < -0.39 is 0 Å². The van der Waals surface area contributed by atoms with Gasteiger partial charge in [-0.3, -0.25) is 4.79 Å². The van der Waals surface area contributed by atoms with Gasteiger partial charge in [-0.15, -0.1) is 0 Å². The molecule has 1 atom stereocenters. The van der Waals surface area contributed by atoms with Crippen LogP contribution in [0.25, 0.3) is 0 Å². The molecule has 3 heteroatoms. The van der Waals surface area contributed by atoms with Gasteiger partial charge >= 0.3 is 0 Å². The summed E-state index contributed by atoms with van der Waals surface area (Å²) in [4.78, 5) is 13.8. The third-order valence-electron chi connectivity index (χ3n) is 3.49. The summed E-state index contributed by atoms with van der Waals surface area (Å²) in [6.45, 7) is 6.12. The largest absolute Gasteiger partial charge is 0.380 e. The normalized spacial score (nSPS) is 12.2. The van der Waals surface area contributed by atoms with E-state index in [9.17, 15) is 4.79 Å². The van der Waals surface area contributed by atoms with Gasteiger partial charge in [-0.2, -0.15) is 0 Å². The van der Waals surface area contributed by atoms with Crippen molar-refractivity contribution >= 4 is 5.91 Å². The summed E-state index contributed by atoms with van der Waals surface area (Å²) in [7, 11) is 1.85. The zero-order valence-corrected chi connectivity index (χ0v) is 13.0. The van der Waals surface area contributed by atoms with Crippen LogP contribution < -0.4 is 0 Å². The first kappa shape index (κ1) is 16.7. The monoisotopic (exact) mass is 277 g/mol. The second-order valence-corrected chi connectivity index (χ2v) is 5.35. The minimum Gasteiger partial charge on any atom is -0.380 e. The summed E-state index contributed by atoms with van der Waals surface area (Å²) < 4.78 is 5.27. The predicted octanol–water partition coefficient (Wildman–Crippen LogP) is 3.14. The molecule has 0 aromatic heterocycles. The van der Waals surface area contributed by atoms with Crippen molar-refractivity contribution in [3.8, 4) is 0 Å². The second-order valence-electron chi connectivity index (χ2n) is 5.35. The Bertz CT molecular complexity index is 378. The SMILES string of the molecule is CCOCCN(C)C(=O)C[C@@H](C)CCc1ccccc1. The first-order valence-electron chi connectivity index (χ1n) is 7.49. The van der Waals surface area contributed by atoms with E-state index in [0.29, 0.717) is 32.1 Å². The fourth-order valence-electron chi connectivity index (χ4n) is 2.08. The zero-order chi connectivity index (χ0) is 14.8. The van der Waals surface area contributed by atoms with Gasteiger partial charge in [0.1, 0.15) is 0 Å². The van der Waals surface area contributed by atoms with E-state index in [1.165, 1.54) is 5.56 Å². The molecule has 20 heavy (non-hydrogen) atoms. The highest BCUT2D eigenvalue weighted by atomic mass is 16.5. The number of amides is 1. The lowest BCUT2D eigenvalue weighted by Gasteiger charge is -2.19. The fourth-order valence-corrected chi connectivity index (χ4v) is 2.08. The van der Waals surface area contributed by atoms with Crippen molar-refractivity contribution in [2.45, 2.75) is 33.1 Å². The average Bonchev–Trinajstić information content (AvgIpc) is 2.46. The lowest BCUT2D eigenvalue weighted by atomic mass is 9.98. The minimum atomic E-state index is 0.213. The Hall–Kier alpha value is -1.35. The lowest BCUT2D eigenvalue weighted by molar-refractivity contribution is -0.131. The van der Waals surface area contributed by atoms with Crippen LogP contribution in [-0.2, 0) is 16.0 Å². The van der Waals surface area contributed by atoms with E-state index >= 15 is 0 Å². The highest BCUT2D eigenvalue weighted by Crippen LogP contribution is 2.13. The molecule has 0 bridgehead atoms. The molecule has 0 aliphatic heterocycles. The number of hydrogen-bond acceptors (Lipinski definition) is 2. The van der Waals surface area contributed by atoms with Gasteiger partial charge in [0.2, 0.25) is 5.91 Å². The average molecular weight is 277 g/mol. The quantitative estimate of drug-likeness (QED) is 0.649. The van der Waals surface area contributed by atoms with Crippen molar-refractivity contribution in [1.29, 1.82) is 0 Å². The molecular weight excluding hydrogens is 250 g/mol. The smallest absolute Gasteiger partial charge is 0.222 e. The van der Waals surface area contributed by atoms with Crippen molar-refractivity contribution in [2.24, 2.45) is 5.92 Å². The highest BCUT2D eigenvalue weighted by Gasteiger charge is 2.13. The zero-order valence-electron chi connectivity index (χ0n) is 13.0. The van der Waals surface area contributed by atoms with Gasteiger partial charge in [0, 0.05) is 26.6 Å². The molecule has 1 amide bonds. The summed E-state index contributed by atoms with van der Waals surface area (Å²) in [5, 5.41) is 0. The molecule has 3 nitrogen and oxygen atoms in total. The third kappa shape index (κ3) is 6.71. The molecule has 0 radical (unpaired) electrons. The van der Waals surface area contributed by atoms with Gasteiger partial charge < -0.3 is 9.64 Å². The van der Waals surface area contributed by atoms with E-state index in [-0.39, 0.29) is 5.91 Å². The topological polar surface area (TPSA) is 29.5 Å². The number of rotatable bonds is 9. The lowest BCUT2D eigenvalue weighted by Crippen LogP contribution is -2.31. The Kier molecular flexibility index (Phi) is 7.97. The molecule has 1 aromatic rings. The van der Waals surface area contributed by atoms with Crippen molar-refractivity contribution in [3.05, 3.63) is 35.9 Å². The Morgan fingerprint density at radius 3 is 2.65 bits per heavy atom. The van der Waals surface area contributed by atoms with Crippen LogP contribution in [0, 0.1) is 5.92 Å². The minimum absolute atomic E-state index is 0.213. The number of benzene rings is 1. The molecule has 1 aromatic carbocycles. The van der Waals surface area contributed by atoms with Crippen molar-refractivity contribution < 1.29 is 9.53 Å². The number of ether oxygens (including phenoxy) is 1. The summed E-state index contributed by atoms with van der Waals surface area (Å²) in [6.07, 6.45) is 2.71. The maximum atomic E-state index is 12.0. The van der Waals surface area contributed by atoms with Crippen LogP contribution in [0.3, 0.4) is 0 Å². The molecular formula is C17H27NO2. The molecule has 1 rings (SSSR count). The summed E-state index contributed by atoms with van der Waals surface area (Å²) in [5.41, 5.74) is 1.34. The number of likely N-dealkylation sites (N-methyl/N-ethyl adjacent to an activating group) is 1. The van der Waals surface area contributed by atoms with Gasteiger partial charge in [0.05, 0.1) is 6.61 Å². The van der Waals surface area contributed by atoms with Crippen LogP contribution in [0.15, 0.2) is 30.3 Å². The molecule has 0 unspecified atom stereocenters. The van der Waals surface area contributed by atoms with E-state index in [1.54, 1.807) is 4.90 Å². The molecule has 112 valence electrons. The first-order valence-corrected chi connectivity index (χ1v) is 7.49. The number of carbonyl (C=O) groups excluding carboxylic acids is 1. The number of aryl methyl sites for hydroxylation is 1. The van der Waals surface area contributed by atoms with Crippen LogP contribution in [0.5, 0.6) is 0 Å².